The highest BCUT2D eigenvalue weighted by Gasteiger charge is 2.23. The van der Waals surface area contributed by atoms with Crippen LogP contribution in [0.3, 0.4) is 0 Å². The van der Waals surface area contributed by atoms with E-state index in [4.69, 9.17) is 4.74 Å². The Labute approximate surface area is 187 Å². The van der Waals surface area contributed by atoms with Gasteiger partial charge in [0.15, 0.2) is 11.5 Å². The molecule has 2 aromatic heterocycles. The molecular weight excluding hydrogens is 402 g/mol. The minimum absolute atomic E-state index is 0.128. The average molecular weight is 430 g/mol. The summed E-state index contributed by atoms with van der Waals surface area (Å²) in [5, 5.41) is 14.5. The first-order valence-electron chi connectivity index (χ1n) is 10.7. The van der Waals surface area contributed by atoms with E-state index in [9.17, 15) is 4.79 Å². The van der Waals surface area contributed by atoms with E-state index in [1.165, 1.54) is 0 Å². The summed E-state index contributed by atoms with van der Waals surface area (Å²) in [5.41, 5.74) is 3.49. The third-order valence-corrected chi connectivity index (χ3v) is 5.27. The van der Waals surface area contributed by atoms with Gasteiger partial charge in [0.2, 0.25) is 0 Å². The van der Waals surface area contributed by atoms with Crippen LogP contribution in [0.25, 0.3) is 5.65 Å². The van der Waals surface area contributed by atoms with E-state index in [-0.39, 0.29) is 18.0 Å². The second kappa shape index (κ2) is 9.51. The summed E-state index contributed by atoms with van der Waals surface area (Å²) < 4.78 is 7.77. The molecule has 0 bridgehead atoms. The molecule has 0 saturated heterocycles. The summed E-state index contributed by atoms with van der Waals surface area (Å²) in [5.74, 6) is 1.59. The van der Waals surface area contributed by atoms with Gasteiger partial charge in [0.25, 0.3) is 0 Å². The topological polar surface area (TPSA) is 80.5 Å². The van der Waals surface area contributed by atoms with Crippen molar-refractivity contribution in [2.45, 2.75) is 33.4 Å². The van der Waals surface area contributed by atoms with Crippen LogP contribution in [0.5, 0.6) is 5.75 Å². The number of rotatable bonds is 7. The summed E-state index contributed by atoms with van der Waals surface area (Å²) in [6.45, 7) is 6.52. The molecule has 0 saturated carbocycles. The highest BCUT2D eigenvalue weighted by Crippen LogP contribution is 2.24. The third kappa shape index (κ3) is 4.88. The average Bonchev–Trinajstić information content (AvgIpc) is 3.22. The molecular formula is C25H27N5O2. The minimum atomic E-state index is -0.294. The van der Waals surface area contributed by atoms with Gasteiger partial charge >= 0.3 is 6.03 Å². The van der Waals surface area contributed by atoms with E-state index >= 15 is 0 Å². The number of carbonyl (C=O) groups excluding carboxylic acids is 1. The number of pyridine rings is 1. The van der Waals surface area contributed by atoms with Crippen LogP contribution in [-0.4, -0.2) is 20.6 Å². The minimum Gasteiger partial charge on any atom is -0.489 e. The standard InChI is InChI=1S/C25H27N5O2/c1-17(2)23(24-29-28-22-11-7-8-14-30(22)24)27-25(31)26-21-13-12-20(15-18(21)3)32-16-19-9-5-4-6-10-19/h4-15,17,23H,16H2,1-3H3,(H2,26,27,31). The number of nitrogens with zero attached hydrogens (tertiary/aromatic N) is 3. The van der Waals surface area contributed by atoms with E-state index in [0.29, 0.717) is 12.4 Å². The molecule has 1 atom stereocenters. The lowest BCUT2D eigenvalue weighted by molar-refractivity contribution is 0.243. The number of urea groups is 1. The quantitative estimate of drug-likeness (QED) is 0.426. The van der Waals surface area contributed by atoms with Crippen LogP contribution in [0, 0.1) is 12.8 Å². The maximum Gasteiger partial charge on any atom is 0.319 e. The number of carbonyl (C=O) groups is 1. The summed E-state index contributed by atoms with van der Waals surface area (Å²) >= 11 is 0. The highest BCUT2D eigenvalue weighted by molar-refractivity contribution is 5.90. The maximum absolute atomic E-state index is 12.8. The van der Waals surface area contributed by atoms with Crippen LogP contribution in [0.15, 0.2) is 72.9 Å². The van der Waals surface area contributed by atoms with Crippen molar-refractivity contribution in [1.82, 2.24) is 19.9 Å². The molecule has 2 aromatic carbocycles. The van der Waals surface area contributed by atoms with Gasteiger partial charge in [0.1, 0.15) is 12.4 Å². The zero-order valence-corrected chi connectivity index (χ0v) is 18.4. The molecule has 2 heterocycles. The Bertz CT molecular complexity index is 1200. The fourth-order valence-electron chi connectivity index (χ4n) is 3.51. The van der Waals surface area contributed by atoms with Crippen molar-refractivity contribution in [3.8, 4) is 5.75 Å². The van der Waals surface area contributed by atoms with Crippen molar-refractivity contribution < 1.29 is 9.53 Å². The molecule has 2 N–H and O–H groups in total. The highest BCUT2D eigenvalue weighted by atomic mass is 16.5. The van der Waals surface area contributed by atoms with Gasteiger partial charge in [-0.3, -0.25) is 4.40 Å². The van der Waals surface area contributed by atoms with E-state index in [2.05, 4.69) is 20.8 Å². The van der Waals surface area contributed by atoms with Gasteiger partial charge in [0.05, 0.1) is 6.04 Å². The predicted molar refractivity (Wildman–Crippen MR) is 125 cm³/mol. The van der Waals surface area contributed by atoms with Crippen molar-refractivity contribution in [2.24, 2.45) is 5.92 Å². The van der Waals surface area contributed by atoms with Crippen molar-refractivity contribution in [1.29, 1.82) is 0 Å². The first-order chi connectivity index (χ1) is 15.5. The molecule has 32 heavy (non-hydrogen) atoms. The van der Waals surface area contributed by atoms with Crippen LogP contribution in [-0.2, 0) is 6.61 Å². The van der Waals surface area contributed by atoms with Crippen LogP contribution in [0.1, 0.15) is 36.8 Å². The Morgan fingerprint density at radius 1 is 1.03 bits per heavy atom. The second-order valence-corrected chi connectivity index (χ2v) is 8.06. The molecule has 0 radical (unpaired) electrons. The molecule has 7 nitrogen and oxygen atoms in total. The lowest BCUT2D eigenvalue weighted by Gasteiger charge is -2.21. The Balaban J connectivity index is 1.42. The van der Waals surface area contributed by atoms with Gasteiger partial charge in [0, 0.05) is 11.9 Å². The smallest absolute Gasteiger partial charge is 0.319 e. The van der Waals surface area contributed by atoms with E-state index in [1.807, 2.05) is 98.1 Å². The first kappa shape index (κ1) is 21.4. The van der Waals surface area contributed by atoms with Crippen molar-refractivity contribution in [3.05, 3.63) is 89.9 Å². The van der Waals surface area contributed by atoms with Crippen LogP contribution >= 0.6 is 0 Å². The fraction of sp³-hybridized carbons (Fsp3) is 0.240. The number of fused-ring (bicyclic) bond motifs is 1. The number of aryl methyl sites for hydroxylation is 1. The number of aromatic nitrogens is 3. The van der Waals surface area contributed by atoms with Gasteiger partial charge in [-0.2, -0.15) is 0 Å². The van der Waals surface area contributed by atoms with Gasteiger partial charge in [-0.05, 0) is 54.3 Å². The summed E-state index contributed by atoms with van der Waals surface area (Å²) in [7, 11) is 0. The molecule has 0 aliphatic carbocycles. The summed E-state index contributed by atoms with van der Waals surface area (Å²) in [4.78, 5) is 12.8. The summed E-state index contributed by atoms with van der Waals surface area (Å²) in [6.07, 6.45) is 1.90. The zero-order chi connectivity index (χ0) is 22.5. The number of hydrogen-bond acceptors (Lipinski definition) is 4. The maximum atomic E-state index is 12.8. The molecule has 4 rings (SSSR count). The van der Waals surface area contributed by atoms with Gasteiger partial charge in [-0.1, -0.05) is 50.2 Å². The Morgan fingerprint density at radius 2 is 1.81 bits per heavy atom. The molecule has 4 aromatic rings. The SMILES string of the molecule is Cc1cc(OCc2ccccc2)ccc1NC(=O)NC(c1nnc2ccccn12)C(C)C. The predicted octanol–water partition coefficient (Wildman–Crippen LogP) is 5.14. The van der Waals surface area contributed by atoms with Crippen molar-refractivity contribution in [2.75, 3.05) is 5.32 Å². The monoisotopic (exact) mass is 429 g/mol. The number of amides is 2. The number of hydrogen-bond donors (Lipinski definition) is 2. The summed E-state index contributed by atoms with van der Waals surface area (Å²) in [6, 6.07) is 20.8. The number of anilines is 1. The lowest BCUT2D eigenvalue weighted by atomic mass is 10.0. The van der Waals surface area contributed by atoms with E-state index < -0.39 is 0 Å². The molecule has 0 spiro atoms. The molecule has 0 fully saturated rings. The zero-order valence-electron chi connectivity index (χ0n) is 18.4. The van der Waals surface area contributed by atoms with Gasteiger partial charge in [-0.25, -0.2) is 4.79 Å². The van der Waals surface area contributed by atoms with Crippen LogP contribution in [0.2, 0.25) is 0 Å². The van der Waals surface area contributed by atoms with Crippen LogP contribution in [0.4, 0.5) is 10.5 Å². The molecule has 164 valence electrons. The van der Waals surface area contributed by atoms with Crippen molar-refractivity contribution >= 4 is 17.4 Å². The third-order valence-electron chi connectivity index (χ3n) is 5.27. The largest absolute Gasteiger partial charge is 0.489 e. The Hall–Kier alpha value is -3.87. The molecule has 7 heteroatoms. The van der Waals surface area contributed by atoms with Crippen molar-refractivity contribution in [3.63, 3.8) is 0 Å². The van der Waals surface area contributed by atoms with Gasteiger partial charge in [-0.15, -0.1) is 10.2 Å². The van der Waals surface area contributed by atoms with E-state index in [0.717, 1.165) is 28.2 Å². The van der Waals surface area contributed by atoms with Gasteiger partial charge < -0.3 is 15.4 Å². The molecule has 0 aliphatic heterocycles. The normalized spacial score (nSPS) is 12.0. The van der Waals surface area contributed by atoms with E-state index in [1.54, 1.807) is 0 Å². The lowest BCUT2D eigenvalue weighted by Crippen LogP contribution is -2.36. The number of benzene rings is 2. The molecule has 1 unspecified atom stereocenters. The fourth-order valence-corrected chi connectivity index (χ4v) is 3.51. The number of ether oxygens (including phenoxy) is 1. The molecule has 2 amide bonds. The Kier molecular flexibility index (Phi) is 6.35. The Morgan fingerprint density at radius 3 is 2.56 bits per heavy atom. The second-order valence-electron chi connectivity index (χ2n) is 8.06. The number of nitrogens with one attached hydrogen (secondary N) is 2. The van der Waals surface area contributed by atoms with Crippen LogP contribution < -0.4 is 15.4 Å². The first-order valence-corrected chi connectivity index (χ1v) is 10.7. The molecule has 0 aliphatic rings.